The fourth-order valence-electron chi connectivity index (χ4n) is 2.25. The summed E-state index contributed by atoms with van der Waals surface area (Å²) < 4.78 is 5.05. The molecule has 0 heterocycles. The first kappa shape index (κ1) is 13.7. The number of nitrogens with one attached hydrogen (secondary N) is 1. The van der Waals surface area contributed by atoms with Crippen LogP contribution in [0.5, 0.6) is 0 Å². The lowest BCUT2D eigenvalue weighted by Gasteiger charge is -2.12. The van der Waals surface area contributed by atoms with Gasteiger partial charge in [0.15, 0.2) is 0 Å². The first-order valence-corrected chi connectivity index (χ1v) is 6.74. The van der Waals surface area contributed by atoms with Crippen molar-refractivity contribution in [3.8, 4) is 0 Å². The van der Waals surface area contributed by atoms with E-state index in [1.165, 1.54) is 6.42 Å². The standard InChI is InChI=1S/C15H22N2O2/c1-4-19-14(18)12-7-11(16)5-6-13(12)17-9-10-8-15(10,2)3/h5-7,10,17H,4,8-9,16H2,1-3H3. The van der Waals surface area contributed by atoms with Crippen LogP contribution in [-0.4, -0.2) is 19.1 Å². The van der Waals surface area contributed by atoms with Gasteiger partial charge in [0.05, 0.1) is 12.2 Å². The third-order valence-corrected chi connectivity index (χ3v) is 3.80. The smallest absolute Gasteiger partial charge is 0.340 e. The lowest BCUT2D eigenvalue weighted by Crippen LogP contribution is -2.13. The zero-order valence-corrected chi connectivity index (χ0v) is 11.8. The van der Waals surface area contributed by atoms with E-state index >= 15 is 0 Å². The molecule has 3 N–H and O–H groups in total. The predicted molar refractivity (Wildman–Crippen MR) is 77.2 cm³/mol. The number of nitrogen functional groups attached to an aromatic ring is 1. The molecule has 1 atom stereocenters. The minimum Gasteiger partial charge on any atom is -0.462 e. The Morgan fingerprint density at radius 3 is 2.79 bits per heavy atom. The number of hydrogen-bond acceptors (Lipinski definition) is 4. The summed E-state index contributed by atoms with van der Waals surface area (Å²) in [6, 6.07) is 5.30. The van der Waals surface area contributed by atoms with Crippen molar-refractivity contribution in [3.63, 3.8) is 0 Å². The number of rotatable bonds is 5. The van der Waals surface area contributed by atoms with Gasteiger partial charge >= 0.3 is 5.97 Å². The van der Waals surface area contributed by atoms with Gasteiger partial charge in [0.25, 0.3) is 0 Å². The van der Waals surface area contributed by atoms with Gasteiger partial charge in [-0.05, 0) is 42.9 Å². The molecule has 1 aromatic rings. The maximum absolute atomic E-state index is 11.9. The molecule has 4 heteroatoms. The van der Waals surface area contributed by atoms with E-state index < -0.39 is 0 Å². The molecular weight excluding hydrogens is 240 g/mol. The van der Waals surface area contributed by atoms with Crippen molar-refractivity contribution in [2.75, 3.05) is 24.2 Å². The van der Waals surface area contributed by atoms with Crippen LogP contribution in [0.3, 0.4) is 0 Å². The van der Waals surface area contributed by atoms with Crippen molar-refractivity contribution in [1.82, 2.24) is 0 Å². The van der Waals surface area contributed by atoms with Gasteiger partial charge in [-0.1, -0.05) is 13.8 Å². The van der Waals surface area contributed by atoms with Crippen molar-refractivity contribution >= 4 is 17.3 Å². The summed E-state index contributed by atoms with van der Waals surface area (Å²) in [6.45, 7) is 7.55. The van der Waals surface area contributed by atoms with Gasteiger partial charge in [0.1, 0.15) is 0 Å². The van der Waals surface area contributed by atoms with Crippen LogP contribution in [0.15, 0.2) is 18.2 Å². The molecule has 19 heavy (non-hydrogen) atoms. The third kappa shape index (κ3) is 3.19. The highest BCUT2D eigenvalue weighted by Crippen LogP contribution is 2.51. The van der Waals surface area contributed by atoms with Gasteiger partial charge < -0.3 is 15.8 Å². The Morgan fingerprint density at radius 2 is 2.21 bits per heavy atom. The summed E-state index contributed by atoms with van der Waals surface area (Å²) in [6.07, 6.45) is 1.23. The Hall–Kier alpha value is -1.71. The zero-order chi connectivity index (χ0) is 14.0. The number of carbonyl (C=O) groups excluding carboxylic acids is 1. The van der Waals surface area contributed by atoms with E-state index in [9.17, 15) is 4.79 Å². The van der Waals surface area contributed by atoms with Gasteiger partial charge in [-0.25, -0.2) is 4.79 Å². The highest BCUT2D eigenvalue weighted by Gasteiger charge is 2.45. The average molecular weight is 262 g/mol. The Labute approximate surface area is 114 Å². The second-order valence-corrected chi connectivity index (χ2v) is 5.80. The molecule has 1 aliphatic carbocycles. The average Bonchev–Trinajstić information content (AvgIpc) is 2.96. The SMILES string of the molecule is CCOC(=O)c1cc(N)ccc1NCC1CC1(C)C. The number of carbonyl (C=O) groups is 1. The Kier molecular flexibility index (Phi) is 3.69. The van der Waals surface area contributed by atoms with Crippen LogP contribution in [0, 0.1) is 11.3 Å². The minimum atomic E-state index is -0.327. The van der Waals surface area contributed by atoms with Crippen LogP contribution in [-0.2, 0) is 4.74 Å². The highest BCUT2D eigenvalue weighted by atomic mass is 16.5. The third-order valence-electron chi connectivity index (χ3n) is 3.80. The van der Waals surface area contributed by atoms with E-state index in [1.807, 2.05) is 6.07 Å². The predicted octanol–water partition coefficient (Wildman–Crippen LogP) is 2.90. The molecule has 0 aliphatic heterocycles. The number of hydrogen-bond donors (Lipinski definition) is 2. The molecule has 2 rings (SSSR count). The molecule has 1 saturated carbocycles. The molecule has 1 unspecified atom stereocenters. The maximum Gasteiger partial charge on any atom is 0.340 e. The van der Waals surface area contributed by atoms with Gasteiger partial charge in [0, 0.05) is 17.9 Å². The Morgan fingerprint density at radius 1 is 1.53 bits per heavy atom. The van der Waals surface area contributed by atoms with Crippen LogP contribution in [0.2, 0.25) is 0 Å². The fourth-order valence-corrected chi connectivity index (χ4v) is 2.25. The zero-order valence-electron chi connectivity index (χ0n) is 11.8. The van der Waals surface area contributed by atoms with Crippen molar-refractivity contribution in [3.05, 3.63) is 23.8 Å². The Balaban J connectivity index is 2.08. The number of nitrogens with two attached hydrogens (primary N) is 1. The molecule has 0 amide bonds. The van der Waals surface area contributed by atoms with Gasteiger partial charge in [-0.3, -0.25) is 0 Å². The fraction of sp³-hybridized carbons (Fsp3) is 0.533. The minimum absolute atomic E-state index is 0.327. The Bertz CT molecular complexity index is 483. The van der Waals surface area contributed by atoms with E-state index in [4.69, 9.17) is 10.5 Å². The van der Waals surface area contributed by atoms with Crippen LogP contribution >= 0.6 is 0 Å². The number of ether oxygens (including phenoxy) is 1. The largest absolute Gasteiger partial charge is 0.462 e. The summed E-state index contributed by atoms with van der Waals surface area (Å²) >= 11 is 0. The molecule has 4 nitrogen and oxygen atoms in total. The van der Waals surface area contributed by atoms with Gasteiger partial charge in [-0.2, -0.15) is 0 Å². The van der Waals surface area contributed by atoms with Crippen LogP contribution in [0.4, 0.5) is 11.4 Å². The number of anilines is 2. The summed E-state index contributed by atoms with van der Waals surface area (Å²) in [5.41, 5.74) is 8.04. The quantitative estimate of drug-likeness (QED) is 0.632. The van der Waals surface area contributed by atoms with Crippen molar-refractivity contribution in [2.45, 2.75) is 27.2 Å². The molecule has 1 aromatic carbocycles. The first-order chi connectivity index (χ1) is 8.94. The molecule has 0 saturated heterocycles. The molecule has 0 bridgehead atoms. The number of benzene rings is 1. The van der Waals surface area contributed by atoms with E-state index in [0.717, 1.165) is 12.2 Å². The second kappa shape index (κ2) is 5.11. The molecule has 104 valence electrons. The van der Waals surface area contributed by atoms with E-state index in [-0.39, 0.29) is 5.97 Å². The molecule has 0 aromatic heterocycles. The second-order valence-electron chi connectivity index (χ2n) is 5.80. The first-order valence-electron chi connectivity index (χ1n) is 6.74. The van der Waals surface area contributed by atoms with E-state index in [0.29, 0.717) is 29.2 Å². The summed E-state index contributed by atoms with van der Waals surface area (Å²) in [4.78, 5) is 11.9. The van der Waals surface area contributed by atoms with E-state index in [1.54, 1.807) is 19.1 Å². The van der Waals surface area contributed by atoms with E-state index in [2.05, 4.69) is 19.2 Å². The maximum atomic E-state index is 11.9. The molecule has 0 spiro atoms. The monoisotopic (exact) mass is 262 g/mol. The van der Waals surface area contributed by atoms with Gasteiger partial charge in [-0.15, -0.1) is 0 Å². The normalized spacial score (nSPS) is 19.8. The van der Waals surface area contributed by atoms with Crippen molar-refractivity contribution < 1.29 is 9.53 Å². The summed E-state index contributed by atoms with van der Waals surface area (Å²) in [7, 11) is 0. The van der Waals surface area contributed by atoms with Crippen LogP contribution in [0.1, 0.15) is 37.6 Å². The van der Waals surface area contributed by atoms with Crippen LogP contribution in [0.25, 0.3) is 0 Å². The molecule has 1 fully saturated rings. The molecule has 1 aliphatic rings. The topological polar surface area (TPSA) is 64.3 Å². The number of esters is 1. The molecule has 0 radical (unpaired) electrons. The van der Waals surface area contributed by atoms with Gasteiger partial charge in [0.2, 0.25) is 0 Å². The highest BCUT2D eigenvalue weighted by molar-refractivity contribution is 5.96. The lowest BCUT2D eigenvalue weighted by atomic mass is 10.1. The van der Waals surface area contributed by atoms with Crippen molar-refractivity contribution in [2.24, 2.45) is 11.3 Å². The van der Waals surface area contributed by atoms with Crippen molar-refractivity contribution in [1.29, 1.82) is 0 Å². The summed E-state index contributed by atoms with van der Waals surface area (Å²) in [5, 5.41) is 3.34. The van der Waals surface area contributed by atoms with Crippen LogP contribution < -0.4 is 11.1 Å². The molecular formula is C15H22N2O2. The summed E-state index contributed by atoms with van der Waals surface area (Å²) in [5.74, 6) is 0.340. The lowest BCUT2D eigenvalue weighted by molar-refractivity contribution is 0.0527.